The van der Waals surface area contributed by atoms with Crippen LogP contribution in [0.3, 0.4) is 0 Å². The molecule has 216 valence electrons. The van der Waals surface area contributed by atoms with Gasteiger partial charge in [-0.1, -0.05) is 42.5 Å². The largest absolute Gasteiger partial charge is 0.463 e. The van der Waals surface area contributed by atoms with Gasteiger partial charge in [-0.05, 0) is 12.1 Å². The molecule has 3 aromatic rings. The third kappa shape index (κ3) is 6.87. The molecule has 13 nitrogen and oxygen atoms in total. The van der Waals surface area contributed by atoms with Crippen LogP contribution in [-0.4, -0.2) is 70.9 Å². The fraction of sp³-hybridized carbons (Fsp3) is 0.357. The summed E-state index contributed by atoms with van der Waals surface area (Å²) in [5, 5.41) is 0.220. The average molecular weight is 569 g/mol. The fourth-order valence-electron chi connectivity index (χ4n) is 4.36. The van der Waals surface area contributed by atoms with Crippen molar-refractivity contribution in [1.82, 2.24) is 9.71 Å². The summed E-state index contributed by atoms with van der Waals surface area (Å²) in [7, 11) is 0. The molecule has 0 saturated carbocycles. The van der Waals surface area contributed by atoms with Crippen LogP contribution in [0.5, 0.6) is 0 Å². The smallest absolute Gasteiger partial charge is 0.303 e. The van der Waals surface area contributed by atoms with E-state index in [4.69, 9.17) is 28.5 Å². The third-order valence-electron chi connectivity index (χ3n) is 5.93. The maximum atomic E-state index is 13.7. The van der Waals surface area contributed by atoms with Crippen molar-refractivity contribution >= 4 is 34.8 Å². The summed E-state index contributed by atoms with van der Waals surface area (Å²) in [6.07, 6.45) is -7.26. The summed E-state index contributed by atoms with van der Waals surface area (Å²) in [5.74, 6) is -2.95. The number of carbonyl (C=O) groups is 4. The molecule has 1 aromatic heterocycles. The highest BCUT2D eigenvalue weighted by molar-refractivity contribution is 5.79. The number of fused-ring (bicyclic) bond motifs is 1. The summed E-state index contributed by atoms with van der Waals surface area (Å²) >= 11 is 0. The van der Waals surface area contributed by atoms with E-state index in [0.717, 1.165) is 32.4 Å². The van der Waals surface area contributed by atoms with E-state index in [1.165, 1.54) is 0 Å². The van der Waals surface area contributed by atoms with Gasteiger partial charge in [-0.15, -0.1) is 4.73 Å². The Morgan fingerprint density at radius 2 is 1.37 bits per heavy atom. The molecule has 0 bridgehead atoms. The topological polar surface area (TPSA) is 159 Å². The Bertz CT molecular complexity index is 1500. The van der Waals surface area contributed by atoms with Crippen molar-refractivity contribution in [2.45, 2.75) is 58.4 Å². The first kappa shape index (κ1) is 29.2. The van der Waals surface area contributed by atoms with Crippen molar-refractivity contribution in [2.24, 2.45) is 0 Å². The predicted octanol–water partition coefficient (Wildman–Crippen LogP) is 1.58. The van der Waals surface area contributed by atoms with Gasteiger partial charge in [-0.2, -0.15) is 0 Å². The van der Waals surface area contributed by atoms with E-state index in [2.05, 4.69) is 4.98 Å². The molecule has 13 heteroatoms. The van der Waals surface area contributed by atoms with Crippen LogP contribution in [0, 0.1) is 0 Å². The molecule has 2 aromatic carbocycles. The van der Waals surface area contributed by atoms with Gasteiger partial charge in [0.05, 0.1) is 10.9 Å². The van der Waals surface area contributed by atoms with E-state index >= 15 is 0 Å². The van der Waals surface area contributed by atoms with E-state index in [0.29, 0.717) is 11.1 Å². The predicted molar refractivity (Wildman–Crippen MR) is 140 cm³/mol. The molecule has 2 heterocycles. The minimum Gasteiger partial charge on any atom is -0.463 e. The van der Waals surface area contributed by atoms with Crippen LogP contribution >= 0.6 is 0 Å². The number of aromatic nitrogens is 2. The normalized spacial score (nSPS) is 21.9. The fourth-order valence-corrected chi connectivity index (χ4v) is 4.36. The number of carbonyl (C=O) groups excluding carboxylic acids is 4. The van der Waals surface area contributed by atoms with Crippen LogP contribution in [0.4, 0.5) is 0 Å². The molecule has 1 saturated heterocycles. The lowest BCUT2D eigenvalue weighted by Gasteiger charge is -2.43. The van der Waals surface area contributed by atoms with Gasteiger partial charge in [0.15, 0.2) is 18.0 Å². The Labute approximate surface area is 233 Å². The van der Waals surface area contributed by atoms with E-state index in [1.54, 1.807) is 54.6 Å². The van der Waals surface area contributed by atoms with Gasteiger partial charge in [0.25, 0.3) is 11.8 Å². The Balaban J connectivity index is 1.86. The van der Waals surface area contributed by atoms with Crippen molar-refractivity contribution in [3.8, 4) is 11.4 Å². The number of rotatable bonds is 8. The number of nitrogens with zero attached hydrogens (tertiary/aromatic N) is 2. The standard InChI is InChI=1S/C28H28N2O11/c1-15(31)36-14-22-23(37-16(2)32)24(38-17(3)33)25(39-18(4)34)28(40-22)41-30-26(19-10-6-5-7-11-19)29-21-13-9-8-12-20(21)27(30)35/h5-13,22-25,28H,14H2,1-4H3/t22-,23-,24+,25-,28?/m1/s1. The molecular weight excluding hydrogens is 540 g/mol. The molecule has 41 heavy (non-hydrogen) atoms. The first-order valence-corrected chi connectivity index (χ1v) is 12.6. The first-order valence-electron chi connectivity index (χ1n) is 12.6. The average Bonchev–Trinajstić information content (AvgIpc) is 2.92. The molecule has 0 aliphatic carbocycles. The molecule has 5 atom stereocenters. The van der Waals surface area contributed by atoms with E-state index in [-0.39, 0.29) is 11.2 Å². The minimum atomic E-state index is -1.63. The second-order valence-electron chi connectivity index (χ2n) is 9.09. The molecule has 0 amide bonds. The summed E-state index contributed by atoms with van der Waals surface area (Å²) in [6, 6.07) is 15.3. The van der Waals surface area contributed by atoms with Gasteiger partial charge < -0.3 is 28.5 Å². The lowest BCUT2D eigenvalue weighted by molar-refractivity contribution is -0.307. The lowest BCUT2D eigenvalue weighted by Crippen LogP contribution is -2.64. The molecule has 4 rings (SSSR count). The summed E-state index contributed by atoms with van der Waals surface area (Å²) < 4.78 is 28.3. The minimum absolute atomic E-state index is 0.0992. The Kier molecular flexibility index (Phi) is 8.97. The highest BCUT2D eigenvalue weighted by Crippen LogP contribution is 2.30. The van der Waals surface area contributed by atoms with Gasteiger partial charge >= 0.3 is 23.9 Å². The van der Waals surface area contributed by atoms with E-state index in [9.17, 15) is 24.0 Å². The Hall–Kier alpha value is -4.78. The quantitative estimate of drug-likeness (QED) is 0.286. The molecule has 1 aliphatic rings. The van der Waals surface area contributed by atoms with Gasteiger partial charge in [-0.25, -0.2) is 4.98 Å². The van der Waals surface area contributed by atoms with Crippen LogP contribution in [0.15, 0.2) is 59.4 Å². The maximum Gasteiger partial charge on any atom is 0.303 e. The van der Waals surface area contributed by atoms with Crippen LogP contribution in [0.2, 0.25) is 0 Å². The van der Waals surface area contributed by atoms with Crippen molar-refractivity contribution < 1.29 is 47.7 Å². The lowest BCUT2D eigenvalue weighted by atomic mass is 9.98. The number of benzene rings is 2. The van der Waals surface area contributed by atoms with Crippen LogP contribution in [-0.2, 0) is 42.9 Å². The van der Waals surface area contributed by atoms with Crippen molar-refractivity contribution in [2.75, 3.05) is 6.61 Å². The zero-order chi connectivity index (χ0) is 29.7. The molecule has 0 spiro atoms. The number of para-hydroxylation sites is 1. The van der Waals surface area contributed by atoms with Crippen LogP contribution in [0.1, 0.15) is 27.7 Å². The number of ether oxygens (including phenoxy) is 5. The SMILES string of the molecule is CC(=O)OC[C@H]1OC(On2c(-c3ccccc3)nc3ccccc3c2=O)[C@H](OC(C)=O)[C@@H](OC(C)=O)[C@@H]1OC(C)=O. The maximum absolute atomic E-state index is 13.7. The van der Waals surface area contributed by atoms with Gasteiger partial charge in [0, 0.05) is 33.3 Å². The van der Waals surface area contributed by atoms with Crippen molar-refractivity contribution in [1.29, 1.82) is 0 Å². The molecule has 1 fully saturated rings. The van der Waals surface area contributed by atoms with Crippen molar-refractivity contribution in [3.05, 3.63) is 65.0 Å². The molecule has 0 N–H and O–H groups in total. The van der Waals surface area contributed by atoms with Gasteiger partial charge in [-0.3, -0.25) is 24.0 Å². The summed E-state index contributed by atoms with van der Waals surface area (Å²) in [4.78, 5) is 72.2. The number of hydrogen-bond acceptors (Lipinski definition) is 12. The second kappa shape index (κ2) is 12.6. The second-order valence-corrected chi connectivity index (χ2v) is 9.09. The third-order valence-corrected chi connectivity index (χ3v) is 5.93. The Morgan fingerprint density at radius 1 is 0.780 bits per heavy atom. The molecule has 1 aliphatic heterocycles. The monoisotopic (exact) mass is 568 g/mol. The molecular formula is C28H28N2O11. The van der Waals surface area contributed by atoms with Crippen molar-refractivity contribution in [3.63, 3.8) is 0 Å². The summed E-state index contributed by atoms with van der Waals surface area (Å²) in [5.41, 5.74) is 0.307. The van der Waals surface area contributed by atoms with E-state index in [1.807, 2.05) is 0 Å². The zero-order valence-electron chi connectivity index (χ0n) is 22.7. The van der Waals surface area contributed by atoms with Gasteiger partial charge in [0.2, 0.25) is 6.10 Å². The molecule has 1 unspecified atom stereocenters. The van der Waals surface area contributed by atoms with Gasteiger partial charge in [0.1, 0.15) is 12.7 Å². The highest BCUT2D eigenvalue weighted by atomic mass is 16.8. The molecule has 0 radical (unpaired) electrons. The van der Waals surface area contributed by atoms with E-state index < -0.39 is 66.7 Å². The highest BCUT2D eigenvalue weighted by Gasteiger charge is 2.54. The number of esters is 4. The van der Waals surface area contributed by atoms with Crippen LogP contribution < -0.4 is 10.4 Å². The zero-order valence-corrected chi connectivity index (χ0v) is 22.7. The summed E-state index contributed by atoms with van der Waals surface area (Å²) in [6.45, 7) is 4.03. The number of hydrogen-bond donors (Lipinski definition) is 0. The Morgan fingerprint density at radius 3 is 2.00 bits per heavy atom. The first-order chi connectivity index (χ1) is 19.5. The van der Waals surface area contributed by atoms with Crippen LogP contribution in [0.25, 0.3) is 22.3 Å².